The smallest absolute Gasteiger partial charge is 0.127 e. The molecule has 0 radical (unpaired) electrons. The maximum absolute atomic E-state index is 6.33. The third-order valence-electron chi connectivity index (χ3n) is 4.41. The van der Waals surface area contributed by atoms with Crippen molar-refractivity contribution in [2.24, 2.45) is 11.7 Å². The van der Waals surface area contributed by atoms with E-state index in [1.807, 2.05) is 12.1 Å². The van der Waals surface area contributed by atoms with Gasteiger partial charge < -0.3 is 10.5 Å². The number of ether oxygens (including phenoxy) is 1. The Morgan fingerprint density at radius 3 is 2.84 bits per heavy atom. The van der Waals surface area contributed by atoms with Gasteiger partial charge in [-0.25, -0.2) is 0 Å². The maximum atomic E-state index is 6.33. The summed E-state index contributed by atoms with van der Waals surface area (Å²) in [4.78, 5) is 2.37. The van der Waals surface area contributed by atoms with Gasteiger partial charge in [0.25, 0.3) is 0 Å². The van der Waals surface area contributed by atoms with Crippen molar-refractivity contribution in [3.8, 4) is 5.75 Å². The molecule has 1 aromatic carbocycles. The molecule has 2 aliphatic rings. The van der Waals surface area contributed by atoms with E-state index in [0.717, 1.165) is 43.4 Å². The SMILES string of the molecule is CC(C)C1(N)CN(Cc2cc(Cl)cc3c2OCC3)C1. The highest BCUT2D eigenvalue weighted by Crippen LogP contribution is 2.35. The molecule has 3 nitrogen and oxygen atoms in total. The minimum absolute atomic E-state index is 0.0252. The molecule has 0 amide bonds. The average Bonchev–Trinajstić information content (AvgIpc) is 2.74. The highest BCUT2D eigenvalue weighted by atomic mass is 35.5. The first-order valence-electron chi connectivity index (χ1n) is 6.93. The van der Waals surface area contributed by atoms with Crippen molar-refractivity contribution in [1.29, 1.82) is 0 Å². The zero-order chi connectivity index (χ0) is 13.6. The van der Waals surface area contributed by atoms with Crippen molar-refractivity contribution < 1.29 is 4.74 Å². The summed E-state index contributed by atoms with van der Waals surface area (Å²) >= 11 is 6.18. The van der Waals surface area contributed by atoms with E-state index in [1.54, 1.807) is 0 Å². The van der Waals surface area contributed by atoms with Gasteiger partial charge in [0.15, 0.2) is 0 Å². The predicted octanol–water partition coefficient (Wildman–Crippen LogP) is 2.44. The Morgan fingerprint density at radius 1 is 1.42 bits per heavy atom. The number of halogens is 1. The lowest BCUT2D eigenvalue weighted by Gasteiger charge is -2.50. The van der Waals surface area contributed by atoms with Gasteiger partial charge in [-0.1, -0.05) is 25.4 Å². The molecular formula is C15H21ClN2O. The summed E-state index contributed by atoms with van der Waals surface area (Å²) in [5.41, 5.74) is 8.75. The second-order valence-electron chi connectivity index (χ2n) is 6.18. The first-order valence-corrected chi connectivity index (χ1v) is 7.31. The van der Waals surface area contributed by atoms with E-state index >= 15 is 0 Å². The topological polar surface area (TPSA) is 38.5 Å². The van der Waals surface area contributed by atoms with Crippen molar-refractivity contribution in [2.75, 3.05) is 19.7 Å². The molecule has 3 rings (SSSR count). The molecule has 2 heterocycles. The van der Waals surface area contributed by atoms with Gasteiger partial charge in [0.1, 0.15) is 5.75 Å². The normalized spacial score (nSPS) is 21.1. The number of rotatable bonds is 3. The number of fused-ring (bicyclic) bond motifs is 1. The zero-order valence-corrected chi connectivity index (χ0v) is 12.3. The lowest BCUT2D eigenvalue weighted by atomic mass is 9.80. The van der Waals surface area contributed by atoms with E-state index in [0.29, 0.717) is 5.92 Å². The maximum Gasteiger partial charge on any atom is 0.127 e. The summed E-state index contributed by atoms with van der Waals surface area (Å²) in [6.45, 7) is 7.94. The molecule has 0 aliphatic carbocycles. The van der Waals surface area contributed by atoms with Crippen LogP contribution in [0.5, 0.6) is 5.75 Å². The minimum atomic E-state index is -0.0252. The summed E-state index contributed by atoms with van der Waals surface area (Å²) in [5.74, 6) is 1.56. The quantitative estimate of drug-likeness (QED) is 0.924. The Morgan fingerprint density at radius 2 is 2.16 bits per heavy atom. The van der Waals surface area contributed by atoms with Crippen molar-refractivity contribution in [3.63, 3.8) is 0 Å². The van der Waals surface area contributed by atoms with Gasteiger partial charge in [0, 0.05) is 42.2 Å². The number of benzene rings is 1. The van der Waals surface area contributed by atoms with E-state index in [2.05, 4.69) is 18.7 Å². The Balaban J connectivity index is 1.72. The molecule has 1 saturated heterocycles. The summed E-state index contributed by atoms with van der Waals surface area (Å²) < 4.78 is 5.74. The van der Waals surface area contributed by atoms with Crippen LogP contribution in [0.3, 0.4) is 0 Å². The minimum Gasteiger partial charge on any atom is -0.493 e. The Bertz CT molecular complexity index is 495. The molecule has 2 N–H and O–H groups in total. The molecule has 2 aliphatic heterocycles. The second kappa shape index (κ2) is 4.65. The highest BCUT2D eigenvalue weighted by molar-refractivity contribution is 6.30. The van der Waals surface area contributed by atoms with Gasteiger partial charge in [-0.05, 0) is 23.6 Å². The molecule has 4 heteroatoms. The molecule has 104 valence electrons. The first kappa shape index (κ1) is 13.2. The van der Waals surface area contributed by atoms with Gasteiger partial charge >= 0.3 is 0 Å². The standard InChI is InChI=1S/C15H21ClN2O/c1-10(2)15(17)8-18(9-15)7-12-6-13(16)5-11-3-4-19-14(11)12/h5-6,10H,3-4,7-9,17H2,1-2H3. The van der Waals surface area contributed by atoms with Gasteiger partial charge in [-0.2, -0.15) is 0 Å². The summed E-state index contributed by atoms with van der Waals surface area (Å²) in [6.07, 6.45) is 0.968. The molecule has 19 heavy (non-hydrogen) atoms. The fourth-order valence-corrected chi connectivity index (χ4v) is 3.23. The van der Waals surface area contributed by atoms with Crippen molar-refractivity contribution in [3.05, 3.63) is 28.3 Å². The number of hydrogen-bond acceptors (Lipinski definition) is 3. The van der Waals surface area contributed by atoms with Gasteiger partial charge in [-0.15, -0.1) is 0 Å². The summed E-state index contributed by atoms with van der Waals surface area (Å²) in [5, 5.41) is 0.808. The lowest BCUT2D eigenvalue weighted by Crippen LogP contribution is -2.69. The molecule has 1 aromatic rings. The van der Waals surface area contributed by atoms with Gasteiger partial charge in [-0.3, -0.25) is 4.90 Å². The first-order chi connectivity index (χ1) is 8.98. The predicted molar refractivity (Wildman–Crippen MR) is 77.7 cm³/mol. The van der Waals surface area contributed by atoms with Crippen LogP contribution in [0.2, 0.25) is 5.02 Å². The van der Waals surface area contributed by atoms with Crippen molar-refractivity contribution in [1.82, 2.24) is 4.90 Å². The number of hydrogen-bond donors (Lipinski definition) is 1. The Kier molecular flexibility index (Phi) is 3.24. The van der Waals surface area contributed by atoms with E-state index in [4.69, 9.17) is 22.1 Å². The fourth-order valence-electron chi connectivity index (χ4n) is 2.97. The van der Waals surface area contributed by atoms with Crippen LogP contribution in [0.4, 0.5) is 0 Å². The van der Waals surface area contributed by atoms with Crippen molar-refractivity contribution in [2.45, 2.75) is 32.4 Å². The lowest BCUT2D eigenvalue weighted by molar-refractivity contribution is 0.0308. The highest BCUT2D eigenvalue weighted by Gasteiger charge is 2.41. The third kappa shape index (κ3) is 2.35. The number of nitrogens with two attached hydrogens (primary N) is 1. The largest absolute Gasteiger partial charge is 0.493 e. The molecule has 0 bridgehead atoms. The average molecular weight is 281 g/mol. The molecule has 0 aromatic heterocycles. The summed E-state index contributed by atoms with van der Waals surface area (Å²) in [6, 6.07) is 4.04. The van der Waals surface area contributed by atoms with Crippen LogP contribution >= 0.6 is 11.6 Å². The monoisotopic (exact) mass is 280 g/mol. The zero-order valence-electron chi connectivity index (χ0n) is 11.6. The van der Waals surface area contributed by atoms with Crippen LogP contribution in [-0.4, -0.2) is 30.1 Å². The van der Waals surface area contributed by atoms with Crippen LogP contribution < -0.4 is 10.5 Å². The fraction of sp³-hybridized carbons (Fsp3) is 0.600. The van der Waals surface area contributed by atoms with Crippen LogP contribution in [0, 0.1) is 5.92 Å². The van der Waals surface area contributed by atoms with Crippen LogP contribution in [0.25, 0.3) is 0 Å². The molecule has 0 spiro atoms. The molecule has 0 saturated carbocycles. The van der Waals surface area contributed by atoms with Crippen LogP contribution in [0.15, 0.2) is 12.1 Å². The molecule has 1 fully saturated rings. The van der Waals surface area contributed by atoms with E-state index in [-0.39, 0.29) is 5.54 Å². The summed E-state index contributed by atoms with van der Waals surface area (Å²) in [7, 11) is 0. The Labute approximate surface area is 119 Å². The molecule has 0 unspecified atom stereocenters. The van der Waals surface area contributed by atoms with Crippen LogP contribution in [0.1, 0.15) is 25.0 Å². The van der Waals surface area contributed by atoms with Gasteiger partial charge in [0.2, 0.25) is 0 Å². The number of likely N-dealkylation sites (tertiary alicyclic amines) is 1. The number of nitrogens with zero attached hydrogens (tertiary/aromatic N) is 1. The molecular weight excluding hydrogens is 260 g/mol. The van der Waals surface area contributed by atoms with Crippen molar-refractivity contribution >= 4 is 11.6 Å². The van der Waals surface area contributed by atoms with Crippen LogP contribution in [-0.2, 0) is 13.0 Å². The third-order valence-corrected chi connectivity index (χ3v) is 4.62. The Hall–Kier alpha value is -0.770. The van der Waals surface area contributed by atoms with Gasteiger partial charge in [0.05, 0.1) is 6.61 Å². The molecule has 0 atom stereocenters. The van der Waals surface area contributed by atoms with E-state index in [9.17, 15) is 0 Å². The van der Waals surface area contributed by atoms with E-state index in [1.165, 1.54) is 11.1 Å². The van der Waals surface area contributed by atoms with E-state index < -0.39 is 0 Å². The second-order valence-corrected chi connectivity index (χ2v) is 6.62.